The van der Waals surface area contributed by atoms with Gasteiger partial charge in [-0.15, -0.1) is 24.0 Å². The number of hydrogen-bond acceptors (Lipinski definition) is 1. The summed E-state index contributed by atoms with van der Waals surface area (Å²) in [6, 6.07) is 13.9. The molecule has 0 radical (unpaired) electrons. The number of aliphatic imine (C=N–C) groups is 1. The van der Waals surface area contributed by atoms with Crippen LogP contribution >= 0.6 is 24.0 Å². The fourth-order valence-electron chi connectivity index (χ4n) is 2.86. The lowest BCUT2D eigenvalue weighted by atomic mass is 9.95. The van der Waals surface area contributed by atoms with Crippen molar-refractivity contribution in [3.63, 3.8) is 0 Å². The van der Waals surface area contributed by atoms with E-state index in [-0.39, 0.29) is 29.4 Å². The first kappa shape index (κ1) is 19.6. The van der Waals surface area contributed by atoms with E-state index in [2.05, 4.69) is 22.4 Å². The van der Waals surface area contributed by atoms with Gasteiger partial charge in [-0.1, -0.05) is 36.4 Å². The summed E-state index contributed by atoms with van der Waals surface area (Å²) in [4.78, 5) is 4.35. The lowest BCUT2D eigenvalue weighted by Gasteiger charge is -2.15. The van der Waals surface area contributed by atoms with Crippen molar-refractivity contribution >= 4 is 29.9 Å². The largest absolute Gasteiger partial charge is 0.370 e. The molecule has 0 amide bonds. The molecule has 0 aliphatic heterocycles. The van der Waals surface area contributed by atoms with Gasteiger partial charge in [0.2, 0.25) is 0 Å². The summed E-state index contributed by atoms with van der Waals surface area (Å²) in [5, 5.41) is 3.08. The number of halogens is 3. The molecule has 3 nitrogen and oxygen atoms in total. The second-order valence-corrected chi connectivity index (χ2v) is 6.27. The minimum Gasteiger partial charge on any atom is -0.370 e. The Morgan fingerprint density at radius 1 is 1.12 bits per heavy atom. The van der Waals surface area contributed by atoms with E-state index in [1.165, 1.54) is 17.7 Å². The second-order valence-electron chi connectivity index (χ2n) is 6.27. The molecule has 0 aromatic heterocycles. The first-order valence-corrected chi connectivity index (χ1v) is 8.12. The first-order valence-electron chi connectivity index (χ1n) is 8.12. The minimum atomic E-state index is -0.558. The van der Waals surface area contributed by atoms with Crippen molar-refractivity contribution in [3.05, 3.63) is 71.3 Å². The van der Waals surface area contributed by atoms with Gasteiger partial charge in [-0.2, -0.15) is 0 Å². The van der Waals surface area contributed by atoms with E-state index in [9.17, 15) is 8.78 Å². The Balaban J connectivity index is 0.00000225. The molecule has 1 aliphatic rings. The van der Waals surface area contributed by atoms with Gasteiger partial charge >= 0.3 is 0 Å². The summed E-state index contributed by atoms with van der Waals surface area (Å²) < 4.78 is 27.0. The van der Waals surface area contributed by atoms with Crippen LogP contribution in [0.1, 0.15) is 24.0 Å². The van der Waals surface area contributed by atoms with Crippen LogP contribution in [0.4, 0.5) is 8.78 Å². The van der Waals surface area contributed by atoms with Gasteiger partial charge in [-0.25, -0.2) is 8.78 Å². The summed E-state index contributed by atoms with van der Waals surface area (Å²) in [5.74, 6) is -0.698. The fourth-order valence-corrected chi connectivity index (χ4v) is 2.86. The van der Waals surface area contributed by atoms with Gasteiger partial charge in [0, 0.05) is 18.0 Å². The summed E-state index contributed by atoms with van der Waals surface area (Å²) in [7, 11) is 0. The summed E-state index contributed by atoms with van der Waals surface area (Å²) in [6.07, 6.45) is 2.54. The van der Waals surface area contributed by atoms with E-state index in [1.54, 1.807) is 0 Å². The topological polar surface area (TPSA) is 50.4 Å². The molecule has 0 spiro atoms. The van der Waals surface area contributed by atoms with Gasteiger partial charge in [-0.05, 0) is 36.5 Å². The van der Waals surface area contributed by atoms with Gasteiger partial charge in [-0.3, -0.25) is 4.99 Å². The number of rotatable bonds is 6. The molecule has 1 aliphatic carbocycles. The Labute approximate surface area is 163 Å². The maximum absolute atomic E-state index is 14.0. The Hall–Kier alpha value is -1.70. The van der Waals surface area contributed by atoms with Crippen LogP contribution in [0.15, 0.2) is 53.5 Å². The molecule has 1 fully saturated rings. The fraction of sp³-hybridized carbons (Fsp3) is 0.316. The van der Waals surface area contributed by atoms with Gasteiger partial charge in [0.1, 0.15) is 11.6 Å². The minimum absolute atomic E-state index is 0. The van der Waals surface area contributed by atoms with Crippen molar-refractivity contribution in [3.8, 4) is 0 Å². The van der Waals surface area contributed by atoms with E-state index in [1.807, 2.05) is 18.2 Å². The summed E-state index contributed by atoms with van der Waals surface area (Å²) in [6.45, 7) is 1.11. The van der Waals surface area contributed by atoms with Gasteiger partial charge in [0.05, 0.1) is 6.54 Å². The predicted octanol–water partition coefficient (Wildman–Crippen LogP) is 3.76. The molecule has 6 heteroatoms. The maximum atomic E-state index is 14.0. The third-order valence-electron chi connectivity index (χ3n) is 4.47. The number of nitrogens with two attached hydrogens (primary N) is 1. The Morgan fingerprint density at radius 3 is 2.48 bits per heavy atom. The smallest absolute Gasteiger partial charge is 0.188 e. The van der Waals surface area contributed by atoms with E-state index in [0.717, 1.165) is 25.3 Å². The highest BCUT2D eigenvalue weighted by atomic mass is 127. The lowest BCUT2D eigenvalue weighted by molar-refractivity contribution is 0.549. The Kier molecular flexibility index (Phi) is 6.75. The highest BCUT2D eigenvalue weighted by Gasteiger charge is 2.46. The molecular formula is C19H22F2IN3. The first-order chi connectivity index (χ1) is 11.6. The van der Waals surface area contributed by atoms with E-state index >= 15 is 0 Å². The Bertz CT molecular complexity index is 731. The summed E-state index contributed by atoms with van der Waals surface area (Å²) in [5.41, 5.74) is 7.33. The number of guanidine groups is 1. The van der Waals surface area contributed by atoms with Crippen LogP contribution in [-0.2, 0) is 11.8 Å². The van der Waals surface area contributed by atoms with Gasteiger partial charge in [0.15, 0.2) is 5.96 Å². The quantitative estimate of drug-likeness (QED) is 0.395. The molecule has 2 aromatic rings. The average molecular weight is 457 g/mol. The molecular weight excluding hydrogens is 435 g/mol. The van der Waals surface area contributed by atoms with E-state index < -0.39 is 11.6 Å². The SMILES string of the molecule is I.NC(=NCC1(c2ccc(F)cc2F)CC1)NCCc1ccccc1. The summed E-state index contributed by atoms with van der Waals surface area (Å²) >= 11 is 0. The van der Waals surface area contributed by atoms with E-state index in [0.29, 0.717) is 24.6 Å². The normalized spacial score (nSPS) is 15.4. The van der Waals surface area contributed by atoms with Crippen LogP contribution in [0.3, 0.4) is 0 Å². The number of nitrogens with zero attached hydrogens (tertiary/aromatic N) is 1. The molecule has 0 bridgehead atoms. The van der Waals surface area contributed by atoms with Crippen LogP contribution in [0.5, 0.6) is 0 Å². The molecule has 0 heterocycles. The van der Waals surface area contributed by atoms with Gasteiger partial charge in [0.25, 0.3) is 0 Å². The maximum Gasteiger partial charge on any atom is 0.188 e. The predicted molar refractivity (Wildman–Crippen MR) is 107 cm³/mol. The van der Waals surface area contributed by atoms with Gasteiger partial charge < -0.3 is 11.1 Å². The highest BCUT2D eigenvalue weighted by molar-refractivity contribution is 14.0. The number of nitrogens with one attached hydrogen (secondary N) is 1. The average Bonchev–Trinajstić information content (AvgIpc) is 3.35. The second kappa shape index (κ2) is 8.60. The zero-order chi connectivity index (χ0) is 17.0. The molecule has 3 N–H and O–H groups in total. The van der Waals surface area contributed by atoms with E-state index in [4.69, 9.17) is 5.73 Å². The van der Waals surface area contributed by atoms with Crippen molar-refractivity contribution in [2.75, 3.05) is 13.1 Å². The highest BCUT2D eigenvalue weighted by Crippen LogP contribution is 2.49. The van der Waals surface area contributed by atoms with Crippen molar-refractivity contribution in [1.29, 1.82) is 0 Å². The monoisotopic (exact) mass is 457 g/mol. The number of benzene rings is 2. The van der Waals surface area contributed by atoms with Crippen LogP contribution < -0.4 is 11.1 Å². The standard InChI is InChI=1S/C19H21F2N3.HI/c20-15-6-7-16(17(21)12-15)19(9-10-19)13-24-18(22)23-11-8-14-4-2-1-3-5-14;/h1-7,12H,8-11,13H2,(H3,22,23,24);1H. The molecule has 0 atom stereocenters. The van der Waals surface area contributed by atoms with Crippen LogP contribution in [0.2, 0.25) is 0 Å². The lowest BCUT2D eigenvalue weighted by Crippen LogP contribution is -2.34. The van der Waals surface area contributed by atoms with Crippen molar-refractivity contribution in [2.45, 2.75) is 24.7 Å². The third kappa shape index (κ3) is 5.14. The third-order valence-corrected chi connectivity index (χ3v) is 4.47. The van der Waals surface area contributed by atoms with Crippen LogP contribution in [0.25, 0.3) is 0 Å². The molecule has 3 rings (SSSR count). The van der Waals surface area contributed by atoms with Crippen molar-refractivity contribution in [2.24, 2.45) is 10.7 Å². The van der Waals surface area contributed by atoms with Crippen molar-refractivity contribution in [1.82, 2.24) is 5.32 Å². The number of hydrogen-bond donors (Lipinski definition) is 2. The van der Waals surface area contributed by atoms with Crippen molar-refractivity contribution < 1.29 is 8.78 Å². The molecule has 1 saturated carbocycles. The molecule has 25 heavy (non-hydrogen) atoms. The molecule has 0 unspecified atom stereocenters. The molecule has 2 aromatic carbocycles. The van der Waals surface area contributed by atoms with Crippen LogP contribution in [0, 0.1) is 11.6 Å². The van der Waals surface area contributed by atoms with Crippen LogP contribution in [-0.4, -0.2) is 19.0 Å². The molecule has 0 saturated heterocycles. The zero-order valence-electron chi connectivity index (χ0n) is 13.8. The Morgan fingerprint density at radius 2 is 1.84 bits per heavy atom. The molecule has 134 valence electrons. The zero-order valence-corrected chi connectivity index (χ0v) is 16.2.